The third-order valence-electron chi connectivity index (χ3n) is 2.57. The summed E-state index contributed by atoms with van der Waals surface area (Å²) in [7, 11) is 0. The molecule has 1 amide bonds. The predicted molar refractivity (Wildman–Crippen MR) is 72.2 cm³/mol. The van der Waals surface area contributed by atoms with Crippen LogP contribution < -0.4 is 5.32 Å². The van der Waals surface area contributed by atoms with Crippen LogP contribution in [0, 0.1) is 0 Å². The van der Waals surface area contributed by atoms with Crippen LogP contribution in [0.2, 0.25) is 0 Å². The van der Waals surface area contributed by atoms with Crippen LogP contribution in [0.1, 0.15) is 18.2 Å². The molecule has 92 valence electrons. The highest BCUT2D eigenvalue weighted by atomic mass is 16.3. The van der Waals surface area contributed by atoms with Crippen LogP contribution >= 0.6 is 0 Å². The van der Waals surface area contributed by atoms with Gasteiger partial charge in [0.15, 0.2) is 0 Å². The Balaban J connectivity index is 1.94. The lowest BCUT2D eigenvalue weighted by atomic mass is 10.1. The summed E-state index contributed by atoms with van der Waals surface area (Å²) in [4.78, 5) is 11.6. The van der Waals surface area contributed by atoms with Crippen molar-refractivity contribution < 1.29 is 9.21 Å². The lowest BCUT2D eigenvalue weighted by Gasteiger charge is -2.02. The fourth-order valence-corrected chi connectivity index (χ4v) is 1.55. The Bertz CT molecular complexity index is 524. The van der Waals surface area contributed by atoms with Crippen LogP contribution in [0.5, 0.6) is 0 Å². The van der Waals surface area contributed by atoms with E-state index in [0.29, 0.717) is 5.76 Å². The van der Waals surface area contributed by atoms with Crippen molar-refractivity contribution in [3.63, 3.8) is 0 Å². The van der Waals surface area contributed by atoms with E-state index in [0.717, 1.165) is 12.1 Å². The molecule has 0 aliphatic heterocycles. The first-order chi connectivity index (χ1) is 8.78. The normalized spacial score (nSPS) is 10.7. The van der Waals surface area contributed by atoms with Crippen molar-refractivity contribution in [2.24, 2.45) is 0 Å². The fraction of sp³-hybridized carbons (Fsp3) is 0.133. The average Bonchev–Trinajstić information content (AvgIpc) is 2.90. The average molecular weight is 241 g/mol. The lowest BCUT2D eigenvalue weighted by molar-refractivity contribution is -0.111. The maximum absolute atomic E-state index is 11.6. The quantitative estimate of drug-likeness (QED) is 0.832. The molecule has 3 heteroatoms. The van der Waals surface area contributed by atoms with Crippen molar-refractivity contribution in [1.82, 2.24) is 0 Å². The maximum Gasteiger partial charge on any atom is 0.248 e. The van der Waals surface area contributed by atoms with Gasteiger partial charge < -0.3 is 9.73 Å². The first kappa shape index (κ1) is 12.2. The summed E-state index contributed by atoms with van der Waals surface area (Å²) < 4.78 is 5.10. The molecule has 18 heavy (non-hydrogen) atoms. The molecule has 3 nitrogen and oxygen atoms in total. The Morgan fingerprint density at radius 1 is 1.28 bits per heavy atom. The Kier molecular flexibility index (Phi) is 3.97. The number of benzene rings is 1. The summed E-state index contributed by atoms with van der Waals surface area (Å²) in [5.74, 6) is 0.488. The zero-order chi connectivity index (χ0) is 12.8. The zero-order valence-electron chi connectivity index (χ0n) is 10.2. The number of hydrogen-bond acceptors (Lipinski definition) is 2. The van der Waals surface area contributed by atoms with E-state index in [4.69, 9.17) is 4.42 Å². The van der Waals surface area contributed by atoms with E-state index < -0.39 is 0 Å². The minimum atomic E-state index is -0.171. The van der Waals surface area contributed by atoms with Crippen LogP contribution in [0.25, 0.3) is 6.08 Å². The number of carbonyl (C=O) groups excluding carboxylic acids is 1. The number of hydrogen-bond donors (Lipinski definition) is 1. The van der Waals surface area contributed by atoms with E-state index in [-0.39, 0.29) is 5.91 Å². The molecule has 0 spiro atoms. The summed E-state index contributed by atoms with van der Waals surface area (Å²) in [6, 6.07) is 11.4. The van der Waals surface area contributed by atoms with Gasteiger partial charge in [-0.1, -0.05) is 19.1 Å². The zero-order valence-corrected chi connectivity index (χ0v) is 10.2. The van der Waals surface area contributed by atoms with Crippen molar-refractivity contribution in [1.29, 1.82) is 0 Å². The van der Waals surface area contributed by atoms with E-state index >= 15 is 0 Å². The molecule has 0 fully saturated rings. The number of carbonyl (C=O) groups is 1. The van der Waals surface area contributed by atoms with E-state index in [1.165, 1.54) is 11.6 Å². The van der Waals surface area contributed by atoms with Crippen molar-refractivity contribution in [3.05, 3.63) is 60.1 Å². The third kappa shape index (κ3) is 3.35. The monoisotopic (exact) mass is 241 g/mol. The SMILES string of the molecule is CCc1ccc(NC(=O)/C=C/c2ccco2)cc1. The minimum Gasteiger partial charge on any atom is -0.465 e. The van der Waals surface area contributed by atoms with Crippen LogP contribution in [-0.2, 0) is 11.2 Å². The molecule has 0 saturated heterocycles. The van der Waals surface area contributed by atoms with Gasteiger partial charge in [0.1, 0.15) is 5.76 Å². The molecular formula is C15H15NO2. The predicted octanol–water partition coefficient (Wildman–Crippen LogP) is 3.49. The lowest BCUT2D eigenvalue weighted by Crippen LogP contribution is -2.07. The second-order valence-corrected chi connectivity index (χ2v) is 3.89. The minimum absolute atomic E-state index is 0.171. The summed E-state index contributed by atoms with van der Waals surface area (Å²) in [6.45, 7) is 2.10. The highest BCUT2D eigenvalue weighted by Gasteiger charge is 1.98. The molecular weight excluding hydrogens is 226 g/mol. The molecule has 0 aliphatic rings. The van der Waals surface area contributed by atoms with Gasteiger partial charge in [-0.3, -0.25) is 4.79 Å². The number of furan rings is 1. The summed E-state index contributed by atoms with van der Waals surface area (Å²) in [6.07, 6.45) is 5.65. The Morgan fingerprint density at radius 3 is 2.67 bits per heavy atom. The summed E-state index contributed by atoms with van der Waals surface area (Å²) >= 11 is 0. The van der Waals surface area contributed by atoms with Gasteiger partial charge in [0.25, 0.3) is 0 Å². The highest BCUT2D eigenvalue weighted by molar-refractivity contribution is 6.01. The van der Waals surface area contributed by atoms with Gasteiger partial charge >= 0.3 is 0 Å². The highest BCUT2D eigenvalue weighted by Crippen LogP contribution is 2.10. The molecule has 0 radical (unpaired) electrons. The summed E-state index contributed by atoms with van der Waals surface area (Å²) in [5, 5.41) is 2.79. The first-order valence-electron chi connectivity index (χ1n) is 5.89. The Labute approximate surface area is 106 Å². The van der Waals surface area contributed by atoms with E-state index in [9.17, 15) is 4.79 Å². The molecule has 1 aromatic heterocycles. The van der Waals surface area contributed by atoms with E-state index in [2.05, 4.69) is 12.2 Å². The third-order valence-corrected chi connectivity index (χ3v) is 2.57. The van der Waals surface area contributed by atoms with Crippen LogP contribution in [-0.4, -0.2) is 5.91 Å². The van der Waals surface area contributed by atoms with Crippen molar-refractivity contribution >= 4 is 17.7 Å². The molecule has 0 saturated carbocycles. The van der Waals surface area contributed by atoms with Crippen molar-refractivity contribution in [2.45, 2.75) is 13.3 Å². The first-order valence-corrected chi connectivity index (χ1v) is 5.89. The second kappa shape index (κ2) is 5.87. The van der Waals surface area contributed by atoms with Gasteiger partial charge in [0, 0.05) is 11.8 Å². The molecule has 0 atom stereocenters. The van der Waals surface area contributed by atoms with E-state index in [1.807, 2.05) is 24.3 Å². The number of rotatable bonds is 4. The molecule has 0 unspecified atom stereocenters. The van der Waals surface area contributed by atoms with Crippen molar-refractivity contribution in [2.75, 3.05) is 5.32 Å². The molecule has 1 aromatic carbocycles. The standard InChI is InChI=1S/C15H15NO2/c1-2-12-5-7-13(8-6-12)16-15(17)10-9-14-4-3-11-18-14/h3-11H,2H2,1H3,(H,16,17)/b10-9+. The molecule has 2 rings (SSSR count). The van der Waals surface area contributed by atoms with Gasteiger partial charge in [0.05, 0.1) is 6.26 Å². The number of aryl methyl sites for hydroxylation is 1. The molecule has 2 aromatic rings. The molecule has 1 N–H and O–H groups in total. The van der Waals surface area contributed by atoms with Gasteiger partial charge in [-0.2, -0.15) is 0 Å². The largest absolute Gasteiger partial charge is 0.465 e. The van der Waals surface area contributed by atoms with Gasteiger partial charge in [-0.05, 0) is 42.3 Å². The number of anilines is 1. The Morgan fingerprint density at radius 2 is 2.06 bits per heavy atom. The van der Waals surface area contributed by atoms with E-state index in [1.54, 1.807) is 24.5 Å². The fourth-order valence-electron chi connectivity index (χ4n) is 1.55. The van der Waals surface area contributed by atoms with Gasteiger partial charge in [0.2, 0.25) is 5.91 Å². The van der Waals surface area contributed by atoms with Crippen molar-refractivity contribution in [3.8, 4) is 0 Å². The Hall–Kier alpha value is -2.29. The smallest absolute Gasteiger partial charge is 0.248 e. The van der Waals surface area contributed by atoms with Gasteiger partial charge in [-0.15, -0.1) is 0 Å². The molecule has 0 aliphatic carbocycles. The molecule has 0 bridgehead atoms. The summed E-state index contributed by atoms with van der Waals surface area (Å²) in [5.41, 5.74) is 2.04. The second-order valence-electron chi connectivity index (χ2n) is 3.89. The topological polar surface area (TPSA) is 42.2 Å². The van der Waals surface area contributed by atoms with Gasteiger partial charge in [-0.25, -0.2) is 0 Å². The van der Waals surface area contributed by atoms with Crippen LogP contribution in [0.4, 0.5) is 5.69 Å². The number of amides is 1. The van der Waals surface area contributed by atoms with Crippen LogP contribution in [0.3, 0.4) is 0 Å². The maximum atomic E-state index is 11.6. The van der Waals surface area contributed by atoms with Crippen LogP contribution in [0.15, 0.2) is 53.2 Å². The molecule has 1 heterocycles. The number of nitrogens with one attached hydrogen (secondary N) is 1.